The summed E-state index contributed by atoms with van der Waals surface area (Å²) in [5.74, 6) is 5.86. The Labute approximate surface area is 94.4 Å². The molecule has 1 aromatic rings. The van der Waals surface area contributed by atoms with Crippen LogP contribution in [0.3, 0.4) is 0 Å². The Morgan fingerprint density at radius 3 is 3.06 bits per heavy atom. The summed E-state index contributed by atoms with van der Waals surface area (Å²) < 4.78 is 4.91. The maximum atomic E-state index is 5.32. The van der Waals surface area contributed by atoms with Gasteiger partial charge in [0.25, 0.3) is 0 Å². The summed E-state index contributed by atoms with van der Waals surface area (Å²) in [4.78, 5) is 4.27. The van der Waals surface area contributed by atoms with Crippen LogP contribution in [0.1, 0.15) is 11.3 Å². The molecule has 0 fully saturated rings. The van der Waals surface area contributed by atoms with E-state index in [2.05, 4.69) is 25.9 Å². The van der Waals surface area contributed by atoms with E-state index in [1.807, 2.05) is 6.92 Å². The van der Waals surface area contributed by atoms with Crippen LogP contribution in [0.25, 0.3) is 0 Å². The Bertz CT molecular complexity index is 334. The number of nitrogens with one attached hydrogen (secondary N) is 3. The second-order valence-electron chi connectivity index (χ2n) is 3.25. The van der Waals surface area contributed by atoms with Crippen LogP contribution in [-0.4, -0.2) is 36.4 Å². The van der Waals surface area contributed by atoms with Gasteiger partial charge in [-0.05, 0) is 6.92 Å². The summed E-state index contributed by atoms with van der Waals surface area (Å²) in [6, 6.07) is 0. The van der Waals surface area contributed by atoms with Crippen LogP contribution in [0, 0.1) is 6.92 Å². The molecule has 0 aromatic carbocycles. The highest BCUT2D eigenvalue weighted by atomic mass is 16.5. The third-order valence-electron chi connectivity index (χ3n) is 2.08. The number of aromatic amines is 1. The number of aliphatic imine (C=N–C) groups is 1. The molecule has 0 atom stereocenters. The third-order valence-corrected chi connectivity index (χ3v) is 2.08. The molecule has 16 heavy (non-hydrogen) atoms. The number of nitrogens with zero attached hydrogens (tertiary/aromatic N) is 2. The Hall–Kier alpha value is -1.60. The molecule has 0 bridgehead atoms. The zero-order chi connectivity index (χ0) is 11.8. The monoisotopic (exact) mass is 226 g/mol. The highest BCUT2D eigenvalue weighted by Gasteiger charge is 2.00. The topological polar surface area (TPSA) is 100 Å². The largest absolute Gasteiger partial charge is 0.383 e. The maximum absolute atomic E-state index is 5.32. The zero-order valence-electron chi connectivity index (χ0n) is 9.58. The van der Waals surface area contributed by atoms with Crippen LogP contribution in [0.2, 0.25) is 0 Å². The molecular weight excluding hydrogens is 208 g/mol. The van der Waals surface area contributed by atoms with Gasteiger partial charge < -0.3 is 10.1 Å². The number of hydrogen-bond acceptors (Lipinski definition) is 4. The summed E-state index contributed by atoms with van der Waals surface area (Å²) in [6.45, 7) is 3.74. The van der Waals surface area contributed by atoms with Crippen molar-refractivity contribution in [2.24, 2.45) is 10.8 Å². The Morgan fingerprint density at radius 1 is 1.69 bits per heavy atom. The van der Waals surface area contributed by atoms with Crippen LogP contribution < -0.4 is 16.6 Å². The quantitative estimate of drug-likeness (QED) is 0.174. The average Bonchev–Trinajstić information content (AvgIpc) is 2.69. The molecule has 90 valence electrons. The van der Waals surface area contributed by atoms with Crippen molar-refractivity contribution in [1.82, 2.24) is 20.9 Å². The van der Waals surface area contributed by atoms with E-state index in [4.69, 9.17) is 10.6 Å². The fraction of sp³-hybridized carbons (Fsp3) is 0.556. The summed E-state index contributed by atoms with van der Waals surface area (Å²) in [7, 11) is 1.64. The van der Waals surface area contributed by atoms with Crippen LogP contribution in [0.4, 0.5) is 0 Å². The Morgan fingerprint density at radius 2 is 2.50 bits per heavy atom. The zero-order valence-corrected chi connectivity index (χ0v) is 9.58. The van der Waals surface area contributed by atoms with E-state index < -0.39 is 0 Å². The molecule has 0 unspecified atom stereocenters. The average molecular weight is 226 g/mol. The first-order chi connectivity index (χ1) is 7.77. The molecule has 0 spiro atoms. The minimum atomic E-state index is 0.530. The second kappa shape index (κ2) is 6.81. The van der Waals surface area contributed by atoms with Crippen molar-refractivity contribution in [2.45, 2.75) is 13.5 Å². The van der Waals surface area contributed by atoms with Crippen LogP contribution >= 0.6 is 0 Å². The van der Waals surface area contributed by atoms with Gasteiger partial charge in [0.1, 0.15) is 0 Å². The van der Waals surface area contributed by atoms with Gasteiger partial charge in [0.2, 0.25) is 5.96 Å². The van der Waals surface area contributed by atoms with Gasteiger partial charge in [-0.25, -0.2) is 10.8 Å². The van der Waals surface area contributed by atoms with Gasteiger partial charge in [0.05, 0.1) is 19.3 Å². The number of methoxy groups -OCH3 is 1. The molecule has 5 N–H and O–H groups in total. The number of rotatable bonds is 5. The van der Waals surface area contributed by atoms with Gasteiger partial charge in [-0.3, -0.25) is 10.5 Å². The number of hydrogen-bond donors (Lipinski definition) is 4. The van der Waals surface area contributed by atoms with Crippen LogP contribution in [0.5, 0.6) is 0 Å². The Kier molecular flexibility index (Phi) is 5.30. The number of aryl methyl sites for hydroxylation is 1. The van der Waals surface area contributed by atoms with Crippen molar-refractivity contribution in [1.29, 1.82) is 0 Å². The number of ether oxygens (including phenoxy) is 1. The smallest absolute Gasteiger partial charge is 0.206 e. The SMILES string of the molecule is COCCNC(=NCc1cn[nH]c1C)NN. The lowest BCUT2D eigenvalue weighted by Gasteiger charge is -2.08. The summed E-state index contributed by atoms with van der Waals surface area (Å²) in [6.07, 6.45) is 1.75. The first-order valence-electron chi connectivity index (χ1n) is 5.00. The van der Waals surface area contributed by atoms with Gasteiger partial charge in [-0.1, -0.05) is 0 Å². The lowest BCUT2D eigenvalue weighted by atomic mass is 10.3. The van der Waals surface area contributed by atoms with Gasteiger partial charge in [0.15, 0.2) is 0 Å². The van der Waals surface area contributed by atoms with E-state index in [9.17, 15) is 0 Å². The fourth-order valence-corrected chi connectivity index (χ4v) is 1.12. The van der Waals surface area contributed by atoms with Crippen molar-refractivity contribution in [3.05, 3.63) is 17.5 Å². The lowest BCUT2D eigenvalue weighted by molar-refractivity contribution is 0.203. The molecule has 1 aromatic heterocycles. The number of nitrogens with two attached hydrogens (primary N) is 1. The number of aromatic nitrogens is 2. The summed E-state index contributed by atoms with van der Waals surface area (Å²) in [5.41, 5.74) is 4.55. The van der Waals surface area contributed by atoms with Gasteiger partial charge >= 0.3 is 0 Å². The maximum Gasteiger partial charge on any atom is 0.206 e. The fourth-order valence-electron chi connectivity index (χ4n) is 1.12. The van der Waals surface area contributed by atoms with Gasteiger partial charge in [-0.15, -0.1) is 0 Å². The number of hydrazine groups is 1. The predicted octanol–water partition coefficient (Wildman–Crippen LogP) is -0.727. The molecule has 0 radical (unpaired) electrons. The van der Waals surface area contributed by atoms with E-state index >= 15 is 0 Å². The minimum absolute atomic E-state index is 0.530. The highest BCUT2D eigenvalue weighted by molar-refractivity contribution is 5.79. The molecule has 1 rings (SSSR count). The van der Waals surface area contributed by atoms with E-state index in [1.54, 1.807) is 13.3 Å². The van der Waals surface area contributed by atoms with Crippen molar-refractivity contribution >= 4 is 5.96 Å². The molecule has 0 saturated heterocycles. The van der Waals surface area contributed by atoms with Gasteiger partial charge in [-0.2, -0.15) is 5.10 Å². The van der Waals surface area contributed by atoms with Crippen molar-refractivity contribution in [3.8, 4) is 0 Å². The molecule has 0 aliphatic carbocycles. The molecule has 0 aliphatic heterocycles. The molecule has 1 heterocycles. The summed E-state index contributed by atoms with van der Waals surface area (Å²) in [5, 5.41) is 9.78. The van der Waals surface area contributed by atoms with E-state index in [1.165, 1.54) is 0 Å². The van der Waals surface area contributed by atoms with Crippen molar-refractivity contribution in [3.63, 3.8) is 0 Å². The van der Waals surface area contributed by atoms with Crippen molar-refractivity contribution < 1.29 is 4.74 Å². The molecule has 0 saturated carbocycles. The van der Waals surface area contributed by atoms with Crippen molar-refractivity contribution in [2.75, 3.05) is 20.3 Å². The lowest BCUT2D eigenvalue weighted by Crippen LogP contribution is -2.42. The molecule has 7 heteroatoms. The van der Waals surface area contributed by atoms with E-state index in [-0.39, 0.29) is 0 Å². The van der Waals surface area contributed by atoms with Crippen LogP contribution in [0.15, 0.2) is 11.2 Å². The Balaban J connectivity index is 2.43. The number of guanidine groups is 1. The molecular formula is C9H18N6O. The van der Waals surface area contributed by atoms with E-state index in [0.29, 0.717) is 25.7 Å². The number of H-pyrrole nitrogens is 1. The normalized spacial score (nSPS) is 11.6. The summed E-state index contributed by atoms with van der Waals surface area (Å²) >= 11 is 0. The standard InChI is InChI=1S/C9H18N6O/c1-7-8(6-13-15-7)5-12-9(14-10)11-3-4-16-2/h6H,3-5,10H2,1-2H3,(H,13,15)(H2,11,12,14). The van der Waals surface area contributed by atoms with E-state index in [0.717, 1.165) is 11.3 Å². The molecule has 0 aliphatic rings. The van der Waals surface area contributed by atoms with Gasteiger partial charge in [0, 0.05) is 24.9 Å². The minimum Gasteiger partial charge on any atom is -0.383 e. The molecule has 0 amide bonds. The highest BCUT2D eigenvalue weighted by Crippen LogP contribution is 2.03. The van der Waals surface area contributed by atoms with Crippen LogP contribution in [-0.2, 0) is 11.3 Å². The third kappa shape index (κ3) is 3.87. The predicted molar refractivity (Wildman–Crippen MR) is 61.7 cm³/mol. The first kappa shape index (κ1) is 12.5. The first-order valence-corrected chi connectivity index (χ1v) is 5.00. The second-order valence-corrected chi connectivity index (χ2v) is 3.25. The molecule has 7 nitrogen and oxygen atoms in total.